The second kappa shape index (κ2) is 7.13. The van der Waals surface area contributed by atoms with Crippen molar-refractivity contribution in [2.45, 2.75) is 32.2 Å². The Morgan fingerprint density at radius 2 is 1.89 bits per heavy atom. The molecule has 0 saturated heterocycles. The first-order valence-corrected chi connectivity index (χ1v) is 6.15. The van der Waals surface area contributed by atoms with Crippen LogP contribution in [-0.4, -0.2) is 18.5 Å². The summed E-state index contributed by atoms with van der Waals surface area (Å²) in [5.74, 6) is -4.42. The Morgan fingerprint density at radius 3 is 2.37 bits per heavy atom. The smallest absolute Gasteiger partial charge is 0.257 e. The molecule has 0 aliphatic heterocycles. The first kappa shape index (κ1) is 15.5. The molecule has 1 aromatic carbocycles. The van der Waals surface area contributed by atoms with Crippen LogP contribution in [0.1, 0.15) is 36.5 Å². The number of benzene rings is 1. The quantitative estimate of drug-likeness (QED) is 0.836. The van der Waals surface area contributed by atoms with Gasteiger partial charge in [0.25, 0.3) is 5.91 Å². The Hall–Kier alpha value is -1.56. The summed E-state index contributed by atoms with van der Waals surface area (Å²) in [5.41, 5.74) is 4.70. The number of amides is 1. The maximum atomic E-state index is 13.4. The number of nitrogens with one attached hydrogen (secondary N) is 1. The van der Waals surface area contributed by atoms with Gasteiger partial charge in [-0.25, -0.2) is 13.2 Å². The minimum absolute atomic E-state index is 0.177. The van der Waals surface area contributed by atoms with Gasteiger partial charge in [0.05, 0.1) is 0 Å². The predicted molar refractivity (Wildman–Crippen MR) is 66.1 cm³/mol. The SMILES string of the molecule is CCCCC(CN)NC(=O)c1c(F)cc(F)cc1F. The molecule has 0 aliphatic carbocycles. The first-order chi connectivity index (χ1) is 8.99. The van der Waals surface area contributed by atoms with E-state index in [4.69, 9.17) is 5.73 Å². The Balaban J connectivity index is 2.83. The zero-order chi connectivity index (χ0) is 14.4. The number of hydrogen-bond donors (Lipinski definition) is 2. The molecule has 0 aromatic heterocycles. The van der Waals surface area contributed by atoms with E-state index in [1.54, 1.807) is 0 Å². The summed E-state index contributed by atoms with van der Waals surface area (Å²) >= 11 is 0. The number of nitrogens with two attached hydrogens (primary N) is 1. The van der Waals surface area contributed by atoms with Crippen molar-refractivity contribution in [2.75, 3.05) is 6.54 Å². The van der Waals surface area contributed by atoms with E-state index >= 15 is 0 Å². The number of halogens is 3. The van der Waals surface area contributed by atoms with Gasteiger partial charge in [-0.05, 0) is 6.42 Å². The first-order valence-electron chi connectivity index (χ1n) is 6.15. The third-order valence-corrected chi connectivity index (χ3v) is 2.76. The molecule has 106 valence electrons. The van der Waals surface area contributed by atoms with Crippen molar-refractivity contribution in [3.8, 4) is 0 Å². The lowest BCUT2D eigenvalue weighted by atomic mass is 10.1. The molecule has 1 rings (SSSR count). The van der Waals surface area contributed by atoms with Gasteiger partial charge in [0, 0.05) is 24.7 Å². The maximum Gasteiger partial charge on any atom is 0.257 e. The molecule has 3 N–H and O–H groups in total. The van der Waals surface area contributed by atoms with Crippen LogP contribution in [0, 0.1) is 17.5 Å². The zero-order valence-electron chi connectivity index (χ0n) is 10.7. The van der Waals surface area contributed by atoms with Gasteiger partial charge >= 0.3 is 0 Å². The minimum atomic E-state index is -1.22. The minimum Gasteiger partial charge on any atom is -0.348 e. The van der Waals surface area contributed by atoms with E-state index in [2.05, 4.69) is 5.32 Å². The summed E-state index contributed by atoms with van der Waals surface area (Å²) in [6, 6.07) is 0.597. The van der Waals surface area contributed by atoms with Crippen molar-refractivity contribution in [1.29, 1.82) is 0 Å². The van der Waals surface area contributed by atoms with E-state index in [1.165, 1.54) is 0 Å². The molecule has 1 unspecified atom stereocenters. The van der Waals surface area contributed by atoms with Crippen LogP contribution in [-0.2, 0) is 0 Å². The predicted octanol–water partition coefficient (Wildman–Crippen LogP) is 2.35. The summed E-state index contributed by atoms with van der Waals surface area (Å²) in [5, 5.41) is 2.45. The molecule has 0 radical (unpaired) electrons. The lowest BCUT2D eigenvalue weighted by Crippen LogP contribution is -2.40. The van der Waals surface area contributed by atoms with Crippen LogP contribution < -0.4 is 11.1 Å². The highest BCUT2D eigenvalue weighted by molar-refractivity contribution is 5.94. The summed E-state index contributed by atoms with van der Waals surface area (Å²) < 4.78 is 39.5. The fraction of sp³-hybridized carbons (Fsp3) is 0.462. The molecule has 1 amide bonds. The lowest BCUT2D eigenvalue weighted by molar-refractivity contribution is 0.0927. The molecule has 6 heteroatoms. The van der Waals surface area contributed by atoms with Crippen molar-refractivity contribution >= 4 is 5.91 Å². The third kappa shape index (κ3) is 4.24. The highest BCUT2D eigenvalue weighted by atomic mass is 19.1. The van der Waals surface area contributed by atoms with Crippen LogP contribution in [0.25, 0.3) is 0 Å². The van der Waals surface area contributed by atoms with E-state index < -0.39 is 28.9 Å². The Kier molecular flexibility index (Phi) is 5.82. The highest BCUT2D eigenvalue weighted by Crippen LogP contribution is 2.15. The van der Waals surface area contributed by atoms with Crippen LogP contribution in [0.3, 0.4) is 0 Å². The third-order valence-electron chi connectivity index (χ3n) is 2.76. The molecular formula is C13H17F3N2O. The van der Waals surface area contributed by atoms with Gasteiger partial charge in [-0.15, -0.1) is 0 Å². The van der Waals surface area contributed by atoms with Gasteiger partial charge < -0.3 is 11.1 Å². The van der Waals surface area contributed by atoms with Crippen LogP contribution in [0.15, 0.2) is 12.1 Å². The summed E-state index contributed by atoms with van der Waals surface area (Å²) in [6.45, 7) is 2.16. The van der Waals surface area contributed by atoms with Crippen LogP contribution in [0.5, 0.6) is 0 Å². The molecule has 0 bridgehead atoms. The van der Waals surface area contributed by atoms with Gasteiger partial charge in [0.1, 0.15) is 23.0 Å². The summed E-state index contributed by atoms with van der Waals surface area (Å²) in [6.07, 6.45) is 2.39. The van der Waals surface area contributed by atoms with E-state index in [0.29, 0.717) is 18.6 Å². The molecule has 19 heavy (non-hydrogen) atoms. The fourth-order valence-corrected chi connectivity index (χ4v) is 1.72. The number of rotatable bonds is 6. The van der Waals surface area contributed by atoms with E-state index in [1.807, 2.05) is 6.92 Å². The van der Waals surface area contributed by atoms with Crippen molar-refractivity contribution in [2.24, 2.45) is 5.73 Å². The van der Waals surface area contributed by atoms with E-state index in [0.717, 1.165) is 12.8 Å². The molecule has 3 nitrogen and oxygen atoms in total. The molecule has 0 spiro atoms. The van der Waals surface area contributed by atoms with Crippen molar-refractivity contribution in [3.05, 3.63) is 35.1 Å². The zero-order valence-corrected chi connectivity index (χ0v) is 10.7. The molecule has 0 aliphatic rings. The van der Waals surface area contributed by atoms with Gasteiger partial charge in [0.15, 0.2) is 0 Å². The maximum absolute atomic E-state index is 13.4. The molecule has 0 heterocycles. The Bertz CT molecular complexity index is 429. The van der Waals surface area contributed by atoms with Crippen molar-refractivity contribution in [1.82, 2.24) is 5.32 Å². The second-order valence-corrected chi connectivity index (χ2v) is 4.29. The average Bonchev–Trinajstić information content (AvgIpc) is 2.33. The molecule has 1 atom stereocenters. The van der Waals surface area contributed by atoms with E-state index in [9.17, 15) is 18.0 Å². The second-order valence-electron chi connectivity index (χ2n) is 4.29. The molecule has 0 saturated carbocycles. The molecule has 0 fully saturated rings. The van der Waals surface area contributed by atoms with Gasteiger partial charge in [0.2, 0.25) is 0 Å². The highest BCUT2D eigenvalue weighted by Gasteiger charge is 2.21. The van der Waals surface area contributed by atoms with Crippen LogP contribution in [0.2, 0.25) is 0 Å². The monoisotopic (exact) mass is 274 g/mol. The van der Waals surface area contributed by atoms with Crippen molar-refractivity contribution < 1.29 is 18.0 Å². The number of carbonyl (C=O) groups is 1. The Morgan fingerprint density at radius 1 is 1.32 bits per heavy atom. The molecule has 1 aromatic rings. The summed E-state index contributed by atoms with van der Waals surface area (Å²) in [4.78, 5) is 11.8. The topological polar surface area (TPSA) is 55.1 Å². The van der Waals surface area contributed by atoms with Crippen LogP contribution in [0.4, 0.5) is 13.2 Å². The number of hydrogen-bond acceptors (Lipinski definition) is 2. The summed E-state index contributed by atoms with van der Waals surface area (Å²) in [7, 11) is 0. The van der Waals surface area contributed by atoms with Crippen LogP contribution >= 0.6 is 0 Å². The van der Waals surface area contributed by atoms with Crippen molar-refractivity contribution in [3.63, 3.8) is 0 Å². The largest absolute Gasteiger partial charge is 0.348 e. The lowest BCUT2D eigenvalue weighted by Gasteiger charge is -2.17. The average molecular weight is 274 g/mol. The molecular weight excluding hydrogens is 257 g/mol. The standard InChI is InChI=1S/C13H17F3N2O/c1-2-3-4-9(7-17)18-13(19)12-10(15)5-8(14)6-11(12)16/h5-6,9H,2-4,7,17H2,1H3,(H,18,19). The van der Waals surface area contributed by atoms with E-state index in [-0.39, 0.29) is 12.6 Å². The van der Waals surface area contributed by atoms with Gasteiger partial charge in [-0.1, -0.05) is 19.8 Å². The normalized spacial score (nSPS) is 12.3. The Labute approximate surface area is 110 Å². The fourth-order valence-electron chi connectivity index (χ4n) is 1.72. The number of carbonyl (C=O) groups excluding carboxylic acids is 1. The number of unbranched alkanes of at least 4 members (excludes halogenated alkanes) is 1. The van der Waals surface area contributed by atoms with Gasteiger partial charge in [-0.3, -0.25) is 4.79 Å². The van der Waals surface area contributed by atoms with Gasteiger partial charge in [-0.2, -0.15) is 0 Å².